The van der Waals surface area contributed by atoms with E-state index in [1.165, 1.54) is 5.56 Å². The maximum atomic E-state index is 11.6. The van der Waals surface area contributed by atoms with Gasteiger partial charge in [-0.25, -0.2) is 9.79 Å². The molecule has 3 nitrogen and oxygen atoms in total. The monoisotopic (exact) mass is 249 g/mol. The van der Waals surface area contributed by atoms with E-state index in [4.69, 9.17) is 4.74 Å². The highest BCUT2D eigenvalue weighted by Gasteiger charge is 2.28. The summed E-state index contributed by atoms with van der Waals surface area (Å²) in [7, 11) is 0. The summed E-state index contributed by atoms with van der Waals surface area (Å²) in [5.74, 6) is 1.15. The normalized spacial score (nSPS) is 19.1. The number of cyclic esters (lactones) is 1. The Morgan fingerprint density at radius 2 is 2.06 bits per heavy atom. The molecule has 0 radical (unpaired) electrons. The first kappa shape index (κ1) is 12.2. The van der Waals surface area contributed by atoms with Gasteiger partial charge in [-0.3, -0.25) is 0 Å². The number of nitrogens with zero attached hydrogens (tertiary/aromatic N) is 1. The smallest absolute Gasteiger partial charge is 0.337 e. The van der Waals surface area contributed by atoms with E-state index in [1.807, 2.05) is 37.4 Å². The van der Waals surface area contributed by atoms with Gasteiger partial charge in [0.25, 0.3) is 0 Å². The Morgan fingerprint density at radius 3 is 2.71 bits per heavy atom. The molecule has 1 aliphatic heterocycles. The third-order valence-electron chi connectivity index (χ3n) is 2.64. The van der Waals surface area contributed by atoms with Crippen molar-refractivity contribution >= 4 is 23.6 Å². The van der Waals surface area contributed by atoms with E-state index in [1.54, 1.807) is 11.8 Å². The highest BCUT2D eigenvalue weighted by molar-refractivity contribution is 7.98. The Labute approximate surface area is 105 Å². The molecule has 0 aromatic heterocycles. The molecular formula is C13H15NO2S. The van der Waals surface area contributed by atoms with Gasteiger partial charge in [-0.1, -0.05) is 17.7 Å². The molecule has 1 atom stereocenters. The lowest BCUT2D eigenvalue weighted by atomic mass is 10.1. The molecule has 0 bridgehead atoms. The summed E-state index contributed by atoms with van der Waals surface area (Å²) in [6.07, 6.45) is 2.76. The Kier molecular flexibility index (Phi) is 3.84. The van der Waals surface area contributed by atoms with Gasteiger partial charge in [0, 0.05) is 5.56 Å². The van der Waals surface area contributed by atoms with Gasteiger partial charge in [0.1, 0.15) is 0 Å². The van der Waals surface area contributed by atoms with Crippen molar-refractivity contribution in [2.45, 2.75) is 19.4 Å². The van der Waals surface area contributed by atoms with E-state index in [2.05, 4.69) is 4.99 Å². The number of esters is 1. The van der Waals surface area contributed by atoms with Crippen molar-refractivity contribution in [3.8, 4) is 0 Å². The summed E-state index contributed by atoms with van der Waals surface area (Å²) in [5.41, 5.74) is 2.05. The third-order valence-corrected chi connectivity index (χ3v) is 3.28. The highest BCUT2D eigenvalue weighted by Crippen LogP contribution is 2.17. The largest absolute Gasteiger partial charge is 0.406 e. The van der Waals surface area contributed by atoms with E-state index in [0.717, 1.165) is 17.7 Å². The standard InChI is InChI=1S/C13H15NO2S/c1-9-3-5-10(6-4-9)12-14-11(7-8-17-2)13(15)16-12/h3-6,11H,7-8H2,1-2H3. The number of hydrogen-bond acceptors (Lipinski definition) is 4. The number of ether oxygens (including phenoxy) is 1. The van der Waals surface area contributed by atoms with E-state index in [0.29, 0.717) is 5.90 Å². The lowest BCUT2D eigenvalue weighted by Gasteiger charge is -2.00. The molecule has 4 heteroatoms. The molecule has 0 saturated carbocycles. The van der Waals surface area contributed by atoms with Crippen molar-refractivity contribution in [1.82, 2.24) is 0 Å². The van der Waals surface area contributed by atoms with Crippen LogP contribution in [0.4, 0.5) is 0 Å². The predicted octanol–water partition coefficient (Wildman–Crippen LogP) is 2.42. The van der Waals surface area contributed by atoms with Gasteiger partial charge in [-0.2, -0.15) is 11.8 Å². The fraction of sp³-hybridized carbons (Fsp3) is 0.385. The van der Waals surface area contributed by atoms with Crippen molar-refractivity contribution in [2.75, 3.05) is 12.0 Å². The molecule has 1 aliphatic rings. The van der Waals surface area contributed by atoms with Crippen LogP contribution in [0.5, 0.6) is 0 Å². The van der Waals surface area contributed by atoms with Crippen molar-refractivity contribution in [2.24, 2.45) is 4.99 Å². The number of benzene rings is 1. The Bertz CT molecular complexity index is 439. The Balaban J connectivity index is 2.12. The molecule has 1 heterocycles. The molecule has 2 rings (SSSR count). The zero-order valence-corrected chi connectivity index (χ0v) is 10.8. The summed E-state index contributed by atoms with van der Waals surface area (Å²) in [5, 5.41) is 0. The second-order valence-corrected chi connectivity index (χ2v) is 5.00. The van der Waals surface area contributed by atoms with Crippen LogP contribution < -0.4 is 0 Å². The van der Waals surface area contributed by atoms with Crippen LogP contribution >= 0.6 is 11.8 Å². The lowest BCUT2D eigenvalue weighted by Crippen LogP contribution is -2.15. The van der Waals surface area contributed by atoms with Crippen molar-refractivity contribution in [1.29, 1.82) is 0 Å². The maximum Gasteiger partial charge on any atom is 0.337 e. The second-order valence-electron chi connectivity index (χ2n) is 4.02. The van der Waals surface area contributed by atoms with E-state index < -0.39 is 0 Å². The number of thioether (sulfide) groups is 1. The van der Waals surface area contributed by atoms with Crippen LogP contribution in [0.2, 0.25) is 0 Å². The molecule has 0 spiro atoms. The minimum atomic E-state index is -0.321. The second kappa shape index (κ2) is 5.36. The predicted molar refractivity (Wildman–Crippen MR) is 70.6 cm³/mol. The summed E-state index contributed by atoms with van der Waals surface area (Å²) in [4.78, 5) is 15.9. The lowest BCUT2D eigenvalue weighted by molar-refractivity contribution is -0.134. The average molecular weight is 249 g/mol. The first-order valence-corrected chi connectivity index (χ1v) is 6.95. The SMILES string of the molecule is CSCCC1N=C(c2ccc(C)cc2)OC1=O. The number of carbonyl (C=O) groups is 1. The fourth-order valence-electron chi connectivity index (χ4n) is 1.63. The van der Waals surface area contributed by atoms with Crippen LogP contribution in [0.3, 0.4) is 0 Å². The maximum absolute atomic E-state index is 11.6. The molecule has 90 valence electrons. The van der Waals surface area contributed by atoms with Gasteiger partial charge in [0.15, 0.2) is 6.04 Å². The topological polar surface area (TPSA) is 38.7 Å². The fourth-order valence-corrected chi connectivity index (χ4v) is 2.08. The average Bonchev–Trinajstić information content (AvgIpc) is 2.69. The van der Waals surface area contributed by atoms with Gasteiger partial charge < -0.3 is 4.74 Å². The summed E-state index contributed by atoms with van der Waals surface area (Å²) in [6.45, 7) is 2.02. The van der Waals surface area contributed by atoms with Gasteiger partial charge in [0.05, 0.1) is 0 Å². The number of carbonyl (C=O) groups excluding carboxylic acids is 1. The van der Waals surface area contributed by atoms with E-state index in [9.17, 15) is 4.79 Å². The molecule has 0 saturated heterocycles. The van der Waals surface area contributed by atoms with Gasteiger partial charge in [-0.05, 0) is 37.5 Å². The number of aliphatic imine (C=N–C) groups is 1. The molecule has 0 amide bonds. The summed E-state index contributed by atoms with van der Waals surface area (Å²) in [6, 6.07) is 7.51. The number of rotatable bonds is 4. The van der Waals surface area contributed by atoms with Crippen LogP contribution in [0.25, 0.3) is 0 Å². The van der Waals surface area contributed by atoms with Gasteiger partial charge in [0.2, 0.25) is 5.90 Å². The molecular weight excluding hydrogens is 234 g/mol. The molecule has 1 unspecified atom stereocenters. The van der Waals surface area contributed by atoms with E-state index in [-0.39, 0.29) is 12.0 Å². The summed E-state index contributed by atoms with van der Waals surface area (Å²) < 4.78 is 5.20. The van der Waals surface area contributed by atoms with Crippen molar-refractivity contribution in [3.05, 3.63) is 35.4 Å². The minimum Gasteiger partial charge on any atom is -0.406 e. The molecule has 0 aliphatic carbocycles. The first-order chi connectivity index (χ1) is 8.20. The van der Waals surface area contributed by atoms with Crippen LogP contribution in [-0.4, -0.2) is 29.9 Å². The number of aryl methyl sites for hydroxylation is 1. The Morgan fingerprint density at radius 1 is 1.35 bits per heavy atom. The molecule has 17 heavy (non-hydrogen) atoms. The van der Waals surface area contributed by atoms with E-state index >= 15 is 0 Å². The summed E-state index contributed by atoms with van der Waals surface area (Å²) >= 11 is 1.71. The first-order valence-electron chi connectivity index (χ1n) is 5.56. The van der Waals surface area contributed by atoms with Crippen LogP contribution in [0, 0.1) is 6.92 Å². The quantitative estimate of drug-likeness (QED) is 0.769. The molecule has 1 aromatic rings. The molecule has 0 fully saturated rings. The molecule has 1 aromatic carbocycles. The van der Waals surface area contributed by atoms with Crippen molar-refractivity contribution < 1.29 is 9.53 Å². The van der Waals surface area contributed by atoms with Gasteiger partial charge >= 0.3 is 5.97 Å². The highest BCUT2D eigenvalue weighted by atomic mass is 32.2. The van der Waals surface area contributed by atoms with Crippen LogP contribution in [-0.2, 0) is 9.53 Å². The number of hydrogen-bond donors (Lipinski definition) is 0. The minimum absolute atomic E-state index is 0.227. The van der Waals surface area contributed by atoms with Crippen molar-refractivity contribution in [3.63, 3.8) is 0 Å². The zero-order valence-electron chi connectivity index (χ0n) is 9.97. The third kappa shape index (κ3) is 2.88. The van der Waals surface area contributed by atoms with Crippen LogP contribution in [0.1, 0.15) is 17.5 Å². The zero-order chi connectivity index (χ0) is 12.3. The Hall–Kier alpha value is -1.29. The van der Waals surface area contributed by atoms with Gasteiger partial charge in [-0.15, -0.1) is 0 Å². The molecule has 0 N–H and O–H groups in total. The van der Waals surface area contributed by atoms with Crippen LogP contribution in [0.15, 0.2) is 29.3 Å².